The van der Waals surface area contributed by atoms with Crippen molar-refractivity contribution in [3.8, 4) is 16.9 Å². The predicted molar refractivity (Wildman–Crippen MR) is 101 cm³/mol. The second-order valence-corrected chi connectivity index (χ2v) is 8.14. The molecule has 2 aliphatic heterocycles. The van der Waals surface area contributed by atoms with Crippen molar-refractivity contribution in [1.82, 2.24) is 9.80 Å². The van der Waals surface area contributed by atoms with E-state index in [0.29, 0.717) is 16.9 Å². The van der Waals surface area contributed by atoms with Crippen LogP contribution in [0, 0.1) is 17.6 Å². The molecule has 146 valence electrons. The molecule has 1 aliphatic carbocycles. The van der Waals surface area contributed by atoms with Crippen LogP contribution in [0.1, 0.15) is 23.2 Å². The third-order valence-electron chi connectivity index (χ3n) is 6.08. The second-order valence-electron chi connectivity index (χ2n) is 8.14. The van der Waals surface area contributed by atoms with Gasteiger partial charge in [-0.1, -0.05) is 6.07 Å². The van der Waals surface area contributed by atoms with Crippen LogP contribution in [0.2, 0.25) is 0 Å². The Bertz CT molecular complexity index is 944. The zero-order valence-electron chi connectivity index (χ0n) is 15.7. The lowest BCUT2D eigenvalue weighted by molar-refractivity contribution is 0.0682. The van der Waals surface area contributed by atoms with E-state index < -0.39 is 11.6 Å². The Morgan fingerprint density at radius 3 is 2.61 bits per heavy atom. The molecule has 28 heavy (non-hydrogen) atoms. The van der Waals surface area contributed by atoms with Crippen LogP contribution in [-0.4, -0.2) is 54.5 Å². The van der Waals surface area contributed by atoms with Crippen LogP contribution in [0.15, 0.2) is 36.4 Å². The van der Waals surface area contributed by atoms with Gasteiger partial charge < -0.3 is 9.64 Å². The molecule has 0 spiro atoms. The number of likely N-dealkylation sites (tertiary alicyclic amines) is 1. The highest BCUT2D eigenvalue weighted by Gasteiger charge is 2.43. The molecule has 2 fully saturated rings. The highest BCUT2D eigenvalue weighted by molar-refractivity contribution is 5.98. The summed E-state index contributed by atoms with van der Waals surface area (Å²) < 4.78 is 33.7. The SMILES string of the molecule is CN1C(=O)c2ccc(-c3ccc(F)cc3F)cc2OC2CN(CC3CC3)CC21. The minimum absolute atomic E-state index is 0.00431. The van der Waals surface area contributed by atoms with Crippen LogP contribution < -0.4 is 4.74 Å². The quantitative estimate of drug-likeness (QED) is 0.811. The zero-order chi connectivity index (χ0) is 19.4. The largest absolute Gasteiger partial charge is 0.486 e. The van der Waals surface area contributed by atoms with Crippen molar-refractivity contribution in [2.45, 2.75) is 25.0 Å². The van der Waals surface area contributed by atoms with Crippen molar-refractivity contribution in [3.05, 3.63) is 53.6 Å². The summed E-state index contributed by atoms with van der Waals surface area (Å²) in [5, 5.41) is 0. The third-order valence-corrected chi connectivity index (χ3v) is 6.08. The van der Waals surface area contributed by atoms with Crippen molar-refractivity contribution < 1.29 is 18.3 Å². The molecular formula is C22H22F2N2O2. The van der Waals surface area contributed by atoms with E-state index in [2.05, 4.69) is 4.90 Å². The number of halogens is 2. The number of benzene rings is 2. The van der Waals surface area contributed by atoms with E-state index in [0.717, 1.165) is 31.6 Å². The highest BCUT2D eigenvalue weighted by Crippen LogP contribution is 2.36. The Kier molecular flexibility index (Phi) is 4.12. The molecule has 0 bridgehead atoms. The Morgan fingerprint density at radius 1 is 1.07 bits per heavy atom. The van der Waals surface area contributed by atoms with E-state index >= 15 is 0 Å². The number of rotatable bonds is 3. The number of carbonyl (C=O) groups excluding carboxylic acids is 1. The topological polar surface area (TPSA) is 32.8 Å². The Balaban J connectivity index is 1.48. The van der Waals surface area contributed by atoms with Crippen LogP contribution in [0.5, 0.6) is 5.75 Å². The number of ether oxygens (including phenoxy) is 1. The van der Waals surface area contributed by atoms with E-state index in [1.54, 1.807) is 23.1 Å². The van der Waals surface area contributed by atoms with Crippen LogP contribution in [0.25, 0.3) is 11.1 Å². The summed E-state index contributed by atoms with van der Waals surface area (Å²) in [6.45, 7) is 2.66. The molecule has 0 radical (unpaired) electrons. The molecule has 2 heterocycles. The maximum absolute atomic E-state index is 14.2. The van der Waals surface area contributed by atoms with E-state index in [1.165, 1.54) is 25.0 Å². The number of carbonyl (C=O) groups is 1. The molecule has 6 heteroatoms. The molecule has 2 aromatic carbocycles. The highest BCUT2D eigenvalue weighted by atomic mass is 19.1. The molecule has 2 atom stereocenters. The predicted octanol–water partition coefficient (Wildman–Crippen LogP) is 3.56. The summed E-state index contributed by atoms with van der Waals surface area (Å²) >= 11 is 0. The smallest absolute Gasteiger partial charge is 0.257 e. The van der Waals surface area contributed by atoms with Crippen LogP contribution >= 0.6 is 0 Å². The van der Waals surface area contributed by atoms with Gasteiger partial charge in [0.25, 0.3) is 5.91 Å². The molecule has 3 aliphatic rings. The van der Waals surface area contributed by atoms with Gasteiger partial charge in [-0.05, 0) is 48.6 Å². The first kappa shape index (κ1) is 17.6. The number of fused-ring (bicyclic) bond motifs is 2. The van der Waals surface area contributed by atoms with Crippen molar-refractivity contribution in [3.63, 3.8) is 0 Å². The first-order valence-corrected chi connectivity index (χ1v) is 9.75. The molecule has 2 aromatic rings. The summed E-state index contributed by atoms with van der Waals surface area (Å²) in [7, 11) is 1.83. The van der Waals surface area contributed by atoms with Gasteiger partial charge in [-0.2, -0.15) is 0 Å². The second kappa shape index (κ2) is 6.55. The van der Waals surface area contributed by atoms with Gasteiger partial charge in [0, 0.05) is 38.3 Å². The average molecular weight is 384 g/mol. The average Bonchev–Trinajstić information content (AvgIpc) is 3.40. The molecule has 4 nitrogen and oxygen atoms in total. The van der Waals surface area contributed by atoms with Crippen molar-refractivity contribution >= 4 is 5.91 Å². The maximum atomic E-state index is 14.2. The molecule has 2 unspecified atom stereocenters. The van der Waals surface area contributed by atoms with Crippen LogP contribution in [-0.2, 0) is 0 Å². The normalized spacial score (nSPS) is 24.5. The lowest BCUT2D eigenvalue weighted by Crippen LogP contribution is -2.44. The number of hydrogen-bond acceptors (Lipinski definition) is 3. The van der Waals surface area contributed by atoms with E-state index in [4.69, 9.17) is 4.74 Å². The van der Waals surface area contributed by atoms with Gasteiger partial charge in [-0.25, -0.2) is 8.78 Å². The summed E-state index contributed by atoms with van der Waals surface area (Å²) in [5.41, 5.74) is 1.34. The van der Waals surface area contributed by atoms with Crippen molar-refractivity contribution in [1.29, 1.82) is 0 Å². The zero-order valence-corrected chi connectivity index (χ0v) is 15.7. The summed E-state index contributed by atoms with van der Waals surface area (Å²) in [5.74, 6) is -0.0792. The van der Waals surface area contributed by atoms with Gasteiger partial charge in [-0.15, -0.1) is 0 Å². The number of amides is 1. The fourth-order valence-electron chi connectivity index (χ4n) is 4.33. The van der Waals surface area contributed by atoms with Gasteiger partial charge in [0.15, 0.2) is 0 Å². The minimum Gasteiger partial charge on any atom is -0.486 e. The standard InChI is InChI=1S/C22H22F2N2O2/c1-25-19-11-26(10-13-2-3-13)12-21(19)28-20-8-14(4-6-17(20)22(25)27)16-7-5-15(23)9-18(16)24/h4-9,13,19,21H,2-3,10-12H2,1H3. The van der Waals surface area contributed by atoms with Crippen LogP contribution in [0.3, 0.4) is 0 Å². The Labute approximate surface area is 162 Å². The summed E-state index contributed by atoms with van der Waals surface area (Å²) in [6.07, 6.45) is 2.47. The maximum Gasteiger partial charge on any atom is 0.257 e. The fraction of sp³-hybridized carbons (Fsp3) is 0.409. The van der Waals surface area contributed by atoms with E-state index in [9.17, 15) is 13.6 Å². The fourth-order valence-corrected chi connectivity index (χ4v) is 4.33. The monoisotopic (exact) mass is 384 g/mol. The van der Waals surface area contributed by atoms with Gasteiger partial charge in [0.1, 0.15) is 23.5 Å². The number of likely N-dealkylation sites (N-methyl/N-ethyl adjacent to an activating group) is 1. The summed E-state index contributed by atoms with van der Waals surface area (Å²) in [6, 6.07) is 8.57. The Hall–Kier alpha value is -2.47. The lowest BCUT2D eigenvalue weighted by Gasteiger charge is -2.25. The molecule has 0 aromatic heterocycles. The first-order chi connectivity index (χ1) is 13.5. The first-order valence-electron chi connectivity index (χ1n) is 9.75. The number of nitrogens with zero attached hydrogens (tertiary/aromatic N) is 2. The number of hydrogen-bond donors (Lipinski definition) is 0. The third kappa shape index (κ3) is 3.05. The van der Waals surface area contributed by atoms with Gasteiger partial charge in [0.2, 0.25) is 0 Å². The van der Waals surface area contributed by atoms with E-state index in [1.807, 2.05) is 7.05 Å². The van der Waals surface area contributed by atoms with Gasteiger partial charge >= 0.3 is 0 Å². The minimum atomic E-state index is -0.633. The van der Waals surface area contributed by atoms with E-state index in [-0.39, 0.29) is 23.6 Å². The van der Waals surface area contributed by atoms with Crippen molar-refractivity contribution in [2.75, 3.05) is 26.7 Å². The molecular weight excluding hydrogens is 362 g/mol. The molecule has 5 rings (SSSR count). The lowest BCUT2D eigenvalue weighted by atomic mass is 10.0. The Morgan fingerprint density at radius 2 is 1.86 bits per heavy atom. The van der Waals surface area contributed by atoms with Crippen LogP contribution in [0.4, 0.5) is 8.78 Å². The van der Waals surface area contributed by atoms with Crippen molar-refractivity contribution in [2.24, 2.45) is 5.92 Å². The van der Waals surface area contributed by atoms with Gasteiger partial charge in [-0.3, -0.25) is 9.69 Å². The molecule has 1 saturated heterocycles. The molecule has 0 N–H and O–H groups in total. The summed E-state index contributed by atoms with van der Waals surface area (Å²) in [4.78, 5) is 17.1. The molecule has 1 amide bonds. The molecule has 1 saturated carbocycles. The van der Waals surface area contributed by atoms with Gasteiger partial charge in [0.05, 0.1) is 11.6 Å².